The van der Waals surface area contributed by atoms with Crippen molar-refractivity contribution in [2.24, 2.45) is 0 Å². The van der Waals surface area contributed by atoms with Gasteiger partial charge in [0.05, 0.1) is 11.6 Å². The Balaban J connectivity index is 2.31. The summed E-state index contributed by atoms with van der Waals surface area (Å²) < 4.78 is 0. The van der Waals surface area contributed by atoms with Crippen molar-refractivity contribution in [3.05, 3.63) is 41.0 Å². The first-order chi connectivity index (χ1) is 7.29. The number of carbonyl (C=O) groups is 1. The van der Waals surface area contributed by atoms with Crippen LogP contribution in [0.4, 0.5) is 0 Å². The maximum Gasteiger partial charge on any atom is 0.262 e. The van der Waals surface area contributed by atoms with Crippen molar-refractivity contribution >= 4 is 12.0 Å². The molecule has 1 aromatic carbocycles. The topological polar surface area (TPSA) is 64.9 Å². The van der Waals surface area contributed by atoms with Crippen LogP contribution in [0.15, 0.2) is 29.8 Å². The number of hydrazine groups is 1. The van der Waals surface area contributed by atoms with Gasteiger partial charge in [0.1, 0.15) is 0 Å². The van der Waals surface area contributed by atoms with Gasteiger partial charge >= 0.3 is 0 Å². The lowest BCUT2D eigenvalue weighted by atomic mass is 10.1. The number of amides is 1. The van der Waals surface area contributed by atoms with Crippen molar-refractivity contribution < 1.29 is 4.79 Å². The number of nitriles is 1. The molecular weight excluding hydrogens is 190 g/mol. The number of nitrogens with zero attached hydrogens (tertiary/aromatic N) is 1. The molecule has 0 aliphatic carbocycles. The molecule has 2 N–H and O–H groups in total. The molecule has 0 unspecified atom stereocenters. The molecule has 4 nitrogen and oxygen atoms in total. The molecule has 0 aromatic heterocycles. The third-order valence-electron chi connectivity index (χ3n) is 2.13. The molecule has 0 spiro atoms. The highest BCUT2D eigenvalue weighted by atomic mass is 16.2. The second-order valence-corrected chi connectivity index (χ2v) is 3.21. The molecular formula is C11H9N3O. The van der Waals surface area contributed by atoms with Crippen molar-refractivity contribution in [2.75, 3.05) is 6.54 Å². The van der Waals surface area contributed by atoms with Crippen LogP contribution < -0.4 is 10.9 Å². The second kappa shape index (κ2) is 3.95. The zero-order valence-electron chi connectivity index (χ0n) is 7.95. The number of benzene rings is 1. The lowest BCUT2D eigenvalue weighted by Gasteiger charge is -1.95. The van der Waals surface area contributed by atoms with E-state index < -0.39 is 0 Å². The SMILES string of the molecule is N#Cc1cccc(/C=C2\CNNC2=O)c1. The van der Waals surface area contributed by atoms with Gasteiger partial charge in [-0.3, -0.25) is 10.2 Å². The summed E-state index contributed by atoms with van der Waals surface area (Å²) in [6.45, 7) is 0.510. The average Bonchev–Trinajstić information content (AvgIpc) is 2.65. The van der Waals surface area contributed by atoms with Crippen molar-refractivity contribution in [1.29, 1.82) is 5.26 Å². The zero-order chi connectivity index (χ0) is 10.7. The van der Waals surface area contributed by atoms with Crippen LogP contribution in [0.3, 0.4) is 0 Å². The number of nitrogens with one attached hydrogen (secondary N) is 2. The Morgan fingerprint density at radius 1 is 1.47 bits per heavy atom. The predicted molar refractivity (Wildman–Crippen MR) is 55.3 cm³/mol. The van der Waals surface area contributed by atoms with E-state index in [1.807, 2.05) is 6.07 Å². The Kier molecular flexibility index (Phi) is 2.48. The highest BCUT2D eigenvalue weighted by molar-refractivity contribution is 5.99. The molecule has 1 amide bonds. The Hall–Kier alpha value is -2.12. The Morgan fingerprint density at radius 2 is 2.33 bits per heavy atom. The number of hydrogen-bond donors (Lipinski definition) is 2. The van der Waals surface area contributed by atoms with E-state index in [9.17, 15) is 4.79 Å². The maximum atomic E-state index is 11.2. The van der Waals surface area contributed by atoms with Crippen LogP contribution in [0.25, 0.3) is 6.08 Å². The summed E-state index contributed by atoms with van der Waals surface area (Å²) in [5.74, 6) is -0.114. The van der Waals surface area contributed by atoms with Crippen LogP contribution in [0, 0.1) is 11.3 Å². The van der Waals surface area contributed by atoms with Crippen molar-refractivity contribution in [2.45, 2.75) is 0 Å². The highest BCUT2D eigenvalue weighted by Gasteiger charge is 2.14. The third-order valence-corrected chi connectivity index (χ3v) is 2.13. The first kappa shape index (κ1) is 9.44. The smallest absolute Gasteiger partial charge is 0.262 e. The monoisotopic (exact) mass is 199 g/mol. The molecule has 1 heterocycles. The lowest BCUT2D eigenvalue weighted by molar-refractivity contribution is -0.116. The molecule has 0 bridgehead atoms. The Morgan fingerprint density at radius 3 is 3.00 bits per heavy atom. The van der Waals surface area contributed by atoms with E-state index in [0.29, 0.717) is 17.7 Å². The minimum Gasteiger partial charge on any atom is -0.287 e. The van der Waals surface area contributed by atoms with Gasteiger partial charge < -0.3 is 0 Å². The van der Waals surface area contributed by atoms with E-state index in [2.05, 4.69) is 16.9 Å². The minimum absolute atomic E-state index is 0.114. The molecule has 74 valence electrons. The summed E-state index contributed by atoms with van der Waals surface area (Å²) in [7, 11) is 0. The fourth-order valence-electron chi connectivity index (χ4n) is 1.40. The minimum atomic E-state index is -0.114. The fraction of sp³-hybridized carbons (Fsp3) is 0.0909. The molecule has 1 saturated heterocycles. The number of hydrogen-bond acceptors (Lipinski definition) is 3. The van der Waals surface area contributed by atoms with E-state index in [-0.39, 0.29) is 5.91 Å². The van der Waals surface area contributed by atoms with Crippen LogP contribution in [0.5, 0.6) is 0 Å². The van der Waals surface area contributed by atoms with E-state index in [4.69, 9.17) is 5.26 Å². The summed E-state index contributed by atoms with van der Waals surface area (Å²) in [5, 5.41) is 8.71. The Bertz CT molecular complexity index is 471. The fourth-order valence-corrected chi connectivity index (χ4v) is 1.40. The molecule has 0 radical (unpaired) electrons. The lowest BCUT2D eigenvalue weighted by Crippen LogP contribution is -2.25. The summed E-state index contributed by atoms with van der Waals surface area (Å²) in [4.78, 5) is 11.2. The van der Waals surface area contributed by atoms with Crippen LogP contribution in [-0.4, -0.2) is 12.5 Å². The van der Waals surface area contributed by atoms with Gasteiger partial charge in [0, 0.05) is 12.1 Å². The van der Waals surface area contributed by atoms with E-state index >= 15 is 0 Å². The molecule has 1 aliphatic rings. The number of carbonyl (C=O) groups excluding carboxylic acids is 1. The van der Waals surface area contributed by atoms with Gasteiger partial charge in [0.15, 0.2) is 0 Å². The van der Waals surface area contributed by atoms with Crippen LogP contribution >= 0.6 is 0 Å². The predicted octanol–water partition coefficient (Wildman–Crippen LogP) is 0.576. The van der Waals surface area contributed by atoms with Gasteiger partial charge in [-0.15, -0.1) is 0 Å². The summed E-state index contributed by atoms with van der Waals surface area (Å²) in [6.07, 6.45) is 1.77. The third kappa shape index (κ3) is 2.03. The molecule has 1 aliphatic heterocycles. The van der Waals surface area contributed by atoms with Crippen molar-refractivity contribution in [3.8, 4) is 6.07 Å². The standard InChI is InChI=1S/C11H9N3O/c12-6-9-3-1-2-8(4-9)5-10-7-13-14-11(10)15/h1-5,13H,7H2,(H,14,15)/b10-5+. The highest BCUT2D eigenvalue weighted by Crippen LogP contribution is 2.10. The van der Waals surface area contributed by atoms with Crippen LogP contribution in [-0.2, 0) is 4.79 Å². The molecule has 1 fully saturated rings. The second-order valence-electron chi connectivity index (χ2n) is 3.21. The van der Waals surface area contributed by atoms with Gasteiger partial charge in [-0.1, -0.05) is 12.1 Å². The molecule has 4 heteroatoms. The first-order valence-corrected chi connectivity index (χ1v) is 4.53. The van der Waals surface area contributed by atoms with E-state index in [1.54, 1.807) is 24.3 Å². The number of rotatable bonds is 1. The van der Waals surface area contributed by atoms with Gasteiger partial charge in [0.2, 0.25) is 0 Å². The van der Waals surface area contributed by atoms with Gasteiger partial charge in [-0.25, -0.2) is 5.43 Å². The average molecular weight is 199 g/mol. The molecule has 15 heavy (non-hydrogen) atoms. The van der Waals surface area contributed by atoms with Gasteiger partial charge in [-0.2, -0.15) is 5.26 Å². The maximum absolute atomic E-state index is 11.2. The molecule has 1 aromatic rings. The quantitative estimate of drug-likeness (QED) is 0.650. The molecule has 0 atom stereocenters. The summed E-state index contributed by atoms with van der Waals surface area (Å²) in [6, 6.07) is 9.20. The van der Waals surface area contributed by atoms with Crippen LogP contribution in [0.1, 0.15) is 11.1 Å². The largest absolute Gasteiger partial charge is 0.287 e. The Labute approximate surface area is 87.2 Å². The zero-order valence-corrected chi connectivity index (χ0v) is 7.95. The molecule has 2 rings (SSSR count). The normalized spacial score (nSPS) is 17.5. The van der Waals surface area contributed by atoms with E-state index in [0.717, 1.165) is 5.56 Å². The van der Waals surface area contributed by atoms with Gasteiger partial charge in [0.25, 0.3) is 5.91 Å². The summed E-state index contributed by atoms with van der Waals surface area (Å²) >= 11 is 0. The van der Waals surface area contributed by atoms with Crippen molar-refractivity contribution in [1.82, 2.24) is 10.9 Å². The van der Waals surface area contributed by atoms with Crippen LogP contribution in [0.2, 0.25) is 0 Å². The molecule has 0 saturated carbocycles. The summed E-state index contributed by atoms with van der Waals surface area (Å²) in [5.41, 5.74) is 7.36. The van der Waals surface area contributed by atoms with Crippen molar-refractivity contribution in [3.63, 3.8) is 0 Å². The van der Waals surface area contributed by atoms with Gasteiger partial charge in [-0.05, 0) is 23.8 Å². The first-order valence-electron chi connectivity index (χ1n) is 4.53. The van der Waals surface area contributed by atoms with E-state index in [1.165, 1.54) is 0 Å².